The third-order valence-corrected chi connectivity index (χ3v) is 17.4. The molecule has 83 heavy (non-hydrogen) atoms. The first-order valence-corrected chi connectivity index (χ1v) is 37.0. The molecule has 0 saturated heterocycles. The van der Waals surface area contributed by atoms with Crippen molar-refractivity contribution >= 4 is 22.8 Å². The standard InChI is InChI=1S/C80H136N2.Ni/c1-5-9-13-16-18-20-22-24-26-28-30-32-34-36-38-40-42-44-46-48-50-52-54-56-58-60-67-75-69-63-65-72-77(75)81-79(71-12-8-4)80(74-62-15-11-7-3)82-78-73-66-64-70-76(78)68-61-59-57-55-53-51-49-47-45-43-41-39-37-35-33-31-29-27-25-23-21-19-17-14-10-6-2;/h63-66,69-70,72-73H,5-53,58-62,67-68,71,74H2,1-4H3;. The molecule has 0 unspecified atom stereocenters. The van der Waals surface area contributed by atoms with Gasteiger partial charge < -0.3 is 0 Å². The SMILES string of the molecule is CCCCCCCCCCCCCCCCCCCCCCCC#CCCCc1ccccc1N=C(CCCC)C(CCCCCC)=Nc1ccccc1CCCC#CCCCCCCCCCCCCCCCCCCCCCCC.[Ni]. The minimum atomic E-state index is 0. The van der Waals surface area contributed by atoms with Crippen molar-refractivity contribution < 1.29 is 16.5 Å². The summed E-state index contributed by atoms with van der Waals surface area (Å²) in [5.74, 6) is 14.1. The second-order valence-corrected chi connectivity index (χ2v) is 25.3. The topological polar surface area (TPSA) is 24.7 Å². The molecule has 0 spiro atoms. The average molecular weight is 1180 g/mol. The van der Waals surface area contributed by atoms with Crippen LogP contribution in [-0.4, -0.2) is 11.4 Å². The molecule has 0 aliphatic heterocycles. The molecule has 2 aromatic rings. The van der Waals surface area contributed by atoms with Crippen molar-refractivity contribution in [3.05, 3.63) is 59.7 Å². The Morgan fingerprint density at radius 2 is 0.470 bits per heavy atom. The predicted octanol–water partition coefficient (Wildman–Crippen LogP) is 27.5. The van der Waals surface area contributed by atoms with Gasteiger partial charge in [-0.1, -0.05) is 347 Å². The first-order chi connectivity index (χ1) is 40.7. The number of hydrogen-bond donors (Lipinski definition) is 0. The summed E-state index contributed by atoms with van der Waals surface area (Å²) < 4.78 is 0. The van der Waals surface area contributed by atoms with Gasteiger partial charge >= 0.3 is 0 Å². The van der Waals surface area contributed by atoms with Crippen LogP contribution in [0.2, 0.25) is 0 Å². The zero-order chi connectivity index (χ0) is 58.4. The minimum Gasteiger partial charge on any atom is -0.251 e. The molecular weight excluding hydrogens is 1050 g/mol. The third kappa shape index (κ3) is 50.1. The summed E-state index contributed by atoms with van der Waals surface area (Å²) in [6.45, 7) is 9.22. The van der Waals surface area contributed by atoms with Crippen LogP contribution in [0.3, 0.4) is 0 Å². The van der Waals surface area contributed by atoms with E-state index >= 15 is 0 Å². The van der Waals surface area contributed by atoms with Crippen LogP contribution >= 0.6 is 0 Å². The van der Waals surface area contributed by atoms with Crippen LogP contribution in [0.5, 0.6) is 0 Å². The molecule has 2 nitrogen and oxygen atoms in total. The van der Waals surface area contributed by atoms with Crippen molar-refractivity contribution in [2.24, 2.45) is 9.98 Å². The van der Waals surface area contributed by atoms with Crippen LogP contribution in [0.15, 0.2) is 58.5 Å². The third-order valence-electron chi connectivity index (χ3n) is 17.4. The van der Waals surface area contributed by atoms with E-state index in [-0.39, 0.29) is 16.5 Å². The zero-order valence-corrected chi connectivity index (χ0v) is 56.8. The maximum Gasteiger partial charge on any atom is 0.0665 e. The summed E-state index contributed by atoms with van der Waals surface area (Å²) >= 11 is 0. The molecule has 0 heterocycles. The van der Waals surface area contributed by atoms with E-state index in [2.05, 4.69) is 99.9 Å². The van der Waals surface area contributed by atoms with E-state index in [1.165, 1.54) is 311 Å². The smallest absolute Gasteiger partial charge is 0.0665 e. The van der Waals surface area contributed by atoms with Crippen LogP contribution in [0, 0.1) is 23.7 Å². The predicted molar refractivity (Wildman–Crippen MR) is 371 cm³/mol. The van der Waals surface area contributed by atoms with E-state index < -0.39 is 0 Å². The van der Waals surface area contributed by atoms with Crippen molar-refractivity contribution in [1.82, 2.24) is 0 Å². The number of unbranched alkanes of at least 4 members (excludes halogenated alkanes) is 48. The fourth-order valence-electron chi connectivity index (χ4n) is 11.9. The Bertz CT molecular complexity index is 1870. The summed E-state index contributed by atoms with van der Waals surface area (Å²) in [6, 6.07) is 17.8. The number of hydrogen-bond acceptors (Lipinski definition) is 2. The molecule has 0 aliphatic carbocycles. The Kier molecular flexibility index (Phi) is 60.3. The van der Waals surface area contributed by atoms with Gasteiger partial charge in [-0.15, -0.1) is 23.7 Å². The summed E-state index contributed by atoms with van der Waals surface area (Å²) in [4.78, 5) is 11.1. The Hall–Kier alpha value is -2.61. The summed E-state index contributed by atoms with van der Waals surface area (Å²) in [5, 5.41) is 0. The number of aryl methyl sites for hydroxylation is 2. The Morgan fingerprint density at radius 1 is 0.253 bits per heavy atom. The Balaban J connectivity index is 0.0000344. The van der Waals surface area contributed by atoms with Gasteiger partial charge in [-0.3, -0.25) is 9.98 Å². The van der Waals surface area contributed by atoms with Gasteiger partial charge in [0.25, 0.3) is 0 Å². The molecule has 0 atom stereocenters. The van der Waals surface area contributed by atoms with Gasteiger partial charge in [0, 0.05) is 42.2 Å². The molecule has 3 heteroatoms. The van der Waals surface area contributed by atoms with Crippen LogP contribution in [0.1, 0.15) is 398 Å². The average Bonchev–Trinajstić information content (AvgIpc) is 3.53. The van der Waals surface area contributed by atoms with E-state index in [1.54, 1.807) is 0 Å². The normalized spacial score (nSPS) is 11.6. The van der Waals surface area contributed by atoms with Crippen LogP contribution in [-0.2, 0) is 29.3 Å². The maximum atomic E-state index is 5.55. The number of nitrogens with zero attached hydrogens (tertiary/aromatic N) is 2. The van der Waals surface area contributed by atoms with Crippen LogP contribution in [0.4, 0.5) is 11.4 Å². The molecule has 476 valence electrons. The van der Waals surface area contributed by atoms with Crippen molar-refractivity contribution in [1.29, 1.82) is 0 Å². The number of rotatable bonds is 59. The van der Waals surface area contributed by atoms with Crippen molar-refractivity contribution in [2.45, 2.75) is 400 Å². The number of para-hydroxylation sites is 2. The molecule has 0 radical (unpaired) electrons. The van der Waals surface area contributed by atoms with Crippen molar-refractivity contribution in [3.8, 4) is 23.7 Å². The Morgan fingerprint density at radius 3 is 0.747 bits per heavy atom. The van der Waals surface area contributed by atoms with Crippen molar-refractivity contribution in [2.75, 3.05) is 0 Å². The zero-order valence-electron chi connectivity index (χ0n) is 55.8. The summed E-state index contributed by atoms with van der Waals surface area (Å²) in [7, 11) is 0. The number of aliphatic imine (C=N–C) groups is 2. The van der Waals surface area contributed by atoms with Crippen LogP contribution in [0.25, 0.3) is 0 Å². The fourth-order valence-corrected chi connectivity index (χ4v) is 11.9. The molecule has 0 aliphatic rings. The van der Waals surface area contributed by atoms with Gasteiger partial charge in [0.1, 0.15) is 0 Å². The fraction of sp³-hybridized carbons (Fsp3) is 0.775. The molecular formula is C80H136N2Ni. The van der Waals surface area contributed by atoms with E-state index in [1.807, 2.05) is 0 Å². The van der Waals surface area contributed by atoms with Gasteiger partial charge in [-0.25, -0.2) is 0 Å². The molecule has 0 N–H and O–H groups in total. The van der Waals surface area contributed by atoms with Crippen molar-refractivity contribution in [3.63, 3.8) is 0 Å². The van der Waals surface area contributed by atoms with E-state index in [9.17, 15) is 0 Å². The molecule has 0 bridgehead atoms. The second kappa shape index (κ2) is 63.9. The van der Waals surface area contributed by atoms with Gasteiger partial charge in [0.15, 0.2) is 0 Å². The molecule has 0 fully saturated rings. The van der Waals surface area contributed by atoms with Gasteiger partial charge in [-0.05, 0) is 87.5 Å². The van der Waals surface area contributed by atoms with Gasteiger partial charge in [0.2, 0.25) is 0 Å². The first-order valence-electron chi connectivity index (χ1n) is 37.0. The van der Waals surface area contributed by atoms with Gasteiger partial charge in [-0.2, -0.15) is 0 Å². The second-order valence-electron chi connectivity index (χ2n) is 25.3. The monoisotopic (exact) mass is 1180 g/mol. The van der Waals surface area contributed by atoms with Crippen LogP contribution < -0.4 is 0 Å². The summed E-state index contributed by atoms with van der Waals surface area (Å²) in [6.07, 6.45) is 77.5. The van der Waals surface area contributed by atoms with E-state index in [0.29, 0.717) is 0 Å². The van der Waals surface area contributed by atoms with E-state index in [4.69, 9.17) is 9.98 Å². The largest absolute Gasteiger partial charge is 0.251 e. The minimum absolute atomic E-state index is 0. The molecule has 2 rings (SSSR count). The quantitative estimate of drug-likeness (QED) is 0.0273. The maximum absolute atomic E-state index is 5.55. The molecule has 0 saturated carbocycles. The van der Waals surface area contributed by atoms with Gasteiger partial charge in [0.05, 0.1) is 22.8 Å². The Labute approximate surface area is 529 Å². The number of benzene rings is 2. The first kappa shape index (κ1) is 78.4. The molecule has 0 amide bonds. The van der Waals surface area contributed by atoms with E-state index in [0.717, 1.165) is 94.8 Å². The molecule has 0 aromatic heterocycles. The summed E-state index contributed by atoms with van der Waals surface area (Å²) in [5.41, 5.74) is 7.33. The molecule has 2 aromatic carbocycles.